The van der Waals surface area contributed by atoms with E-state index in [4.69, 9.17) is 14.2 Å². The maximum Gasteiger partial charge on any atom is 0.264 e. The van der Waals surface area contributed by atoms with Gasteiger partial charge in [-0.3, -0.25) is 14.9 Å². The van der Waals surface area contributed by atoms with E-state index in [0.717, 1.165) is 22.5 Å². The number of carbonyl (C=O) groups is 2. The number of nitrogens with zero attached hydrogens (tertiary/aromatic N) is 1. The molecule has 0 saturated carbocycles. The number of carbonyl (C=O) groups excluding carboxylic acids is 2. The maximum absolute atomic E-state index is 12.3. The summed E-state index contributed by atoms with van der Waals surface area (Å²) in [5, 5.41) is 7.91. The van der Waals surface area contributed by atoms with Gasteiger partial charge in [-0.1, -0.05) is 0 Å². The number of methoxy groups -OCH3 is 2. The van der Waals surface area contributed by atoms with Crippen LogP contribution in [0.3, 0.4) is 0 Å². The van der Waals surface area contributed by atoms with Crippen LogP contribution in [0.5, 0.6) is 17.2 Å². The number of amides is 2. The highest BCUT2D eigenvalue weighted by molar-refractivity contribution is 7.14. The van der Waals surface area contributed by atoms with Crippen LogP contribution in [0.4, 0.5) is 10.8 Å². The molecule has 4 rings (SSSR count). The normalized spacial score (nSPS) is 12.5. The smallest absolute Gasteiger partial charge is 0.264 e. The molecule has 2 amide bonds. The van der Waals surface area contributed by atoms with Crippen molar-refractivity contribution in [2.45, 2.75) is 12.8 Å². The molecule has 0 fully saturated rings. The van der Waals surface area contributed by atoms with Crippen LogP contribution in [-0.2, 0) is 16.0 Å². The van der Waals surface area contributed by atoms with Gasteiger partial charge in [-0.05, 0) is 48.4 Å². The summed E-state index contributed by atoms with van der Waals surface area (Å²) in [4.78, 5) is 28.2. The Kier molecular flexibility index (Phi) is 6.03. The third-order valence-electron chi connectivity index (χ3n) is 4.77. The molecular weight excluding hydrogens is 418 g/mol. The summed E-state index contributed by atoms with van der Waals surface area (Å²) in [6, 6.07) is 10.9. The number of aryl methyl sites for hydroxylation is 1. The highest BCUT2D eigenvalue weighted by Crippen LogP contribution is 2.33. The first-order valence-corrected chi connectivity index (χ1v) is 10.5. The van der Waals surface area contributed by atoms with Gasteiger partial charge in [0.25, 0.3) is 5.91 Å². The lowest BCUT2D eigenvalue weighted by Gasteiger charge is -2.17. The molecule has 8 nitrogen and oxygen atoms in total. The number of fused-ring (bicyclic) bond motifs is 1. The molecule has 31 heavy (non-hydrogen) atoms. The summed E-state index contributed by atoms with van der Waals surface area (Å²) in [6.45, 7) is -0.142. The molecule has 0 bridgehead atoms. The van der Waals surface area contributed by atoms with Gasteiger partial charge < -0.3 is 19.5 Å². The Morgan fingerprint density at radius 1 is 1.13 bits per heavy atom. The molecule has 0 aliphatic carbocycles. The minimum absolute atomic E-state index is 0.0106. The molecule has 0 spiro atoms. The monoisotopic (exact) mass is 439 g/mol. The molecule has 0 atom stereocenters. The van der Waals surface area contributed by atoms with Crippen LogP contribution in [0.1, 0.15) is 12.0 Å². The Morgan fingerprint density at radius 2 is 1.97 bits per heavy atom. The van der Waals surface area contributed by atoms with Gasteiger partial charge >= 0.3 is 0 Å². The molecule has 2 heterocycles. The zero-order valence-corrected chi connectivity index (χ0v) is 17.9. The quantitative estimate of drug-likeness (QED) is 0.582. The number of rotatable bonds is 7. The van der Waals surface area contributed by atoms with Crippen molar-refractivity contribution in [1.29, 1.82) is 0 Å². The van der Waals surface area contributed by atoms with E-state index in [1.807, 2.05) is 29.6 Å². The summed E-state index contributed by atoms with van der Waals surface area (Å²) in [6.07, 6.45) is 1.10. The lowest BCUT2D eigenvalue weighted by Crippen LogP contribution is -2.21. The molecular formula is C22H21N3O5S. The van der Waals surface area contributed by atoms with E-state index in [1.54, 1.807) is 26.4 Å². The number of aromatic nitrogens is 1. The molecule has 1 aliphatic rings. The third kappa shape index (κ3) is 4.77. The van der Waals surface area contributed by atoms with E-state index in [2.05, 4.69) is 15.6 Å². The first kappa shape index (κ1) is 20.7. The summed E-state index contributed by atoms with van der Waals surface area (Å²) < 4.78 is 16.2. The van der Waals surface area contributed by atoms with Gasteiger partial charge in [0.1, 0.15) is 5.75 Å². The van der Waals surface area contributed by atoms with Crippen molar-refractivity contribution in [2.75, 3.05) is 31.5 Å². The van der Waals surface area contributed by atoms with Gasteiger partial charge in [0.2, 0.25) is 5.91 Å². The van der Waals surface area contributed by atoms with Gasteiger partial charge in [-0.15, -0.1) is 11.3 Å². The molecule has 0 radical (unpaired) electrons. The van der Waals surface area contributed by atoms with E-state index >= 15 is 0 Å². The van der Waals surface area contributed by atoms with E-state index in [9.17, 15) is 9.59 Å². The van der Waals surface area contributed by atoms with Crippen molar-refractivity contribution in [2.24, 2.45) is 0 Å². The lowest BCUT2D eigenvalue weighted by molar-refractivity contribution is -0.118. The average molecular weight is 439 g/mol. The Morgan fingerprint density at radius 3 is 2.77 bits per heavy atom. The minimum atomic E-state index is -0.306. The van der Waals surface area contributed by atoms with Gasteiger partial charge in [0.15, 0.2) is 23.2 Å². The second kappa shape index (κ2) is 9.05. The molecule has 0 unspecified atom stereocenters. The molecule has 9 heteroatoms. The summed E-state index contributed by atoms with van der Waals surface area (Å²) in [7, 11) is 3.16. The van der Waals surface area contributed by atoms with Gasteiger partial charge in [0, 0.05) is 23.1 Å². The largest absolute Gasteiger partial charge is 0.493 e. The molecule has 160 valence electrons. The van der Waals surface area contributed by atoms with Crippen LogP contribution in [0.25, 0.3) is 11.3 Å². The zero-order valence-electron chi connectivity index (χ0n) is 17.1. The Hall–Kier alpha value is -3.59. The number of hydrogen-bond donors (Lipinski definition) is 2. The highest BCUT2D eigenvalue weighted by Gasteiger charge is 2.16. The van der Waals surface area contributed by atoms with Crippen LogP contribution < -0.4 is 24.8 Å². The van der Waals surface area contributed by atoms with E-state index in [1.165, 1.54) is 11.3 Å². The third-order valence-corrected chi connectivity index (χ3v) is 5.53. The van der Waals surface area contributed by atoms with E-state index < -0.39 is 0 Å². The lowest BCUT2D eigenvalue weighted by atomic mass is 10.0. The topological polar surface area (TPSA) is 98.8 Å². The van der Waals surface area contributed by atoms with Crippen molar-refractivity contribution in [1.82, 2.24) is 4.98 Å². The second-order valence-corrected chi connectivity index (χ2v) is 7.67. The Balaban J connectivity index is 1.36. The fourth-order valence-corrected chi connectivity index (χ4v) is 3.95. The number of thiazole rings is 1. The van der Waals surface area contributed by atoms with Gasteiger partial charge in [-0.25, -0.2) is 4.98 Å². The predicted molar refractivity (Wildman–Crippen MR) is 118 cm³/mol. The fraction of sp³-hybridized carbons (Fsp3) is 0.227. The van der Waals surface area contributed by atoms with Crippen LogP contribution in [0.2, 0.25) is 0 Å². The first-order valence-electron chi connectivity index (χ1n) is 9.59. The number of ether oxygens (including phenoxy) is 3. The standard InChI is InChI=1S/C22H21N3O5S/c1-28-18-7-3-14(10-19(18)29-2)17-12-31-22(24-17)25-21(27)11-30-15-5-6-16-13(9-15)4-8-20(26)23-16/h3,5-7,9-10,12H,4,8,11H2,1-2H3,(H,23,26)(H,24,25,27). The van der Waals surface area contributed by atoms with Crippen molar-refractivity contribution in [3.63, 3.8) is 0 Å². The maximum atomic E-state index is 12.3. The predicted octanol–water partition coefficient (Wildman–Crippen LogP) is 3.73. The number of anilines is 2. The number of benzene rings is 2. The molecule has 1 aromatic heterocycles. The van der Waals surface area contributed by atoms with Crippen molar-refractivity contribution < 1.29 is 23.8 Å². The molecule has 0 saturated heterocycles. The summed E-state index contributed by atoms with van der Waals surface area (Å²) in [5.74, 6) is 1.53. The SMILES string of the molecule is COc1ccc(-c2csc(NC(=O)COc3ccc4c(c3)CCC(=O)N4)n2)cc1OC. The minimum Gasteiger partial charge on any atom is -0.493 e. The van der Waals surface area contributed by atoms with Crippen molar-refractivity contribution in [3.8, 4) is 28.5 Å². The van der Waals surface area contributed by atoms with Gasteiger partial charge in [0.05, 0.1) is 19.9 Å². The van der Waals surface area contributed by atoms with Crippen LogP contribution in [-0.4, -0.2) is 37.6 Å². The van der Waals surface area contributed by atoms with E-state index in [0.29, 0.717) is 35.2 Å². The van der Waals surface area contributed by atoms with Crippen molar-refractivity contribution >= 4 is 34.0 Å². The van der Waals surface area contributed by atoms with Crippen LogP contribution in [0.15, 0.2) is 41.8 Å². The average Bonchev–Trinajstić information content (AvgIpc) is 3.25. The van der Waals surface area contributed by atoms with Gasteiger partial charge in [-0.2, -0.15) is 0 Å². The summed E-state index contributed by atoms with van der Waals surface area (Å²) in [5.41, 5.74) is 3.36. The van der Waals surface area contributed by atoms with Crippen LogP contribution in [0, 0.1) is 0 Å². The number of hydrogen-bond acceptors (Lipinski definition) is 7. The fourth-order valence-electron chi connectivity index (χ4n) is 3.21. The number of nitrogens with one attached hydrogen (secondary N) is 2. The zero-order chi connectivity index (χ0) is 21.8. The molecule has 3 aromatic rings. The summed E-state index contributed by atoms with van der Waals surface area (Å²) >= 11 is 1.33. The molecule has 2 aromatic carbocycles. The van der Waals surface area contributed by atoms with Crippen molar-refractivity contribution in [3.05, 3.63) is 47.3 Å². The Labute approximate surface area is 183 Å². The second-order valence-electron chi connectivity index (χ2n) is 6.81. The molecule has 2 N–H and O–H groups in total. The first-order chi connectivity index (χ1) is 15.1. The Bertz CT molecular complexity index is 1130. The highest BCUT2D eigenvalue weighted by atomic mass is 32.1. The molecule has 1 aliphatic heterocycles. The van der Waals surface area contributed by atoms with Crippen LogP contribution >= 0.6 is 11.3 Å². The van der Waals surface area contributed by atoms with E-state index in [-0.39, 0.29) is 18.4 Å².